The van der Waals surface area contributed by atoms with Gasteiger partial charge in [0.25, 0.3) is 5.56 Å². The fourth-order valence-corrected chi connectivity index (χ4v) is 2.75. The summed E-state index contributed by atoms with van der Waals surface area (Å²) in [5.74, 6) is -1.95. The molecule has 21 heavy (non-hydrogen) atoms. The van der Waals surface area contributed by atoms with E-state index in [2.05, 4.69) is 16.3 Å². The predicted molar refractivity (Wildman–Crippen MR) is 78.2 cm³/mol. The predicted octanol–water partition coefficient (Wildman–Crippen LogP) is 2.65. The van der Waals surface area contributed by atoms with Crippen LogP contribution in [0.2, 0.25) is 0 Å². The lowest BCUT2D eigenvalue weighted by molar-refractivity contribution is 0.257. The molecule has 0 atom stereocenters. The number of aromatic nitrogens is 1. The summed E-state index contributed by atoms with van der Waals surface area (Å²) in [7, 11) is 0. The van der Waals surface area contributed by atoms with E-state index in [9.17, 15) is 13.6 Å². The molecule has 2 aromatic rings. The van der Waals surface area contributed by atoms with Crippen molar-refractivity contribution in [2.75, 3.05) is 19.6 Å². The zero-order valence-corrected chi connectivity index (χ0v) is 11.7. The fourth-order valence-electron chi connectivity index (χ4n) is 2.75. The average Bonchev–Trinajstić information content (AvgIpc) is 2.51. The minimum atomic E-state index is -0.997. The number of pyridine rings is 1. The molecule has 1 radical (unpaired) electrons. The van der Waals surface area contributed by atoms with Crippen molar-refractivity contribution in [1.29, 1.82) is 0 Å². The molecule has 3 nitrogen and oxygen atoms in total. The van der Waals surface area contributed by atoms with Crippen LogP contribution in [0, 0.1) is 18.1 Å². The van der Waals surface area contributed by atoms with Gasteiger partial charge in [-0.1, -0.05) is 0 Å². The summed E-state index contributed by atoms with van der Waals surface area (Å²) in [5.41, 5.74) is 0.218. The molecule has 0 bridgehead atoms. The van der Waals surface area contributed by atoms with Gasteiger partial charge in [-0.2, -0.15) is 0 Å². The minimum absolute atomic E-state index is 0.0590. The Morgan fingerprint density at radius 2 is 1.95 bits per heavy atom. The summed E-state index contributed by atoms with van der Waals surface area (Å²) in [5, 5.41) is 0.524. The molecule has 1 aliphatic rings. The van der Waals surface area contributed by atoms with E-state index in [-0.39, 0.29) is 11.1 Å². The number of rotatable bonds is 3. The Labute approximate surface area is 121 Å². The molecule has 1 aliphatic heterocycles. The Kier molecular flexibility index (Phi) is 4.01. The van der Waals surface area contributed by atoms with Crippen LogP contribution in [-0.2, 0) is 6.42 Å². The van der Waals surface area contributed by atoms with Gasteiger partial charge in [-0.15, -0.1) is 0 Å². The van der Waals surface area contributed by atoms with Crippen molar-refractivity contribution in [3.05, 3.63) is 52.2 Å². The number of nitrogens with one attached hydrogen (secondary N) is 1. The minimum Gasteiger partial charge on any atom is -0.319 e. The van der Waals surface area contributed by atoms with Crippen molar-refractivity contribution in [3.8, 4) is 0 Å². The van der Waals surface area contributed by atoms with Gasteiger partial charge in [0, 0.05) is 17.5 Å². The third-order valence-electron chi connectivity index (χ3n) is 3.98. The van der Waals surface area contributed by atoms with E-state index in [0.717, 1.165) is 38.5 Å². The van der Waals surface area contributed by atoms with E-state index < -0.39 is 11.6 Å². The van der Waals surface area contributed by atoms with Crippen LogP contribution in [0.3, 0.4) is 0 Å². The van der Waals surface area contributed by atoms with Crippen LogP contribution in [0.1, 0.15) is 18.4 Å². The normalized spacial score (nSPS) is 16.5. The number of piperidine rings is 1. The molecule has 3 rings (SSSR count). The van der Waals surface area contributed by atoms with Crippen molar-refractivity contribution in [2.24, 2.45) is 0 Å². The maximum Gasteiger partial charge on any atom is 0.251 e. The zero-order chi connectivity index (χ0) is 14.8. The lowest BCUT2D eigenvalue weighted by Gasteiger charge is -2.26. The van der Waals surface area contributed by atoms with E-state index in [0.29, 0.717) is 17.4 Å². The number of halogens is 2. The van der Waals surface area contributed by atoms with Gasteiger partial charge in [0.15, 0.2) is 11.6 Å². The molecule has 0 saturated carbocycles. The topological polar surface area (TPSA) is 36.1 Å². The number of hydrogen-bond donors (Lipinski definition) is 1. The Morgan fingerprint density at radius 3 is 2.71 bits per heavy atom. The van der Waals surface area contributed by atoms with Crippen LogP contribution >= 0.6 is 0 Å². The molecule has 1 fully saturated rings. The summed E-state index contributed by atoms with van der Waals surface area (Å²) < 4.78 is 26.8. The lowest BCUT2D eigenvalue weighted by atomic mass is 10.1. The van der Waals surface area contributed by atoms with Gasteiger partial charge in [-0.25, -0.2) is 8.78 Å². The Hall–Kier alpha value is -1.75. The van der Waals surface area contributed by atoms with Crippen molar-refractivity contribution in [1.82, 2.24) is 9.88 Å². The van der Waals surface area contributed by atoms with Crippen LogP contribution in [0.5, 0.6) is 0 Å². The number of hydrogen-bond acceptors (Lipinski definition) is 2. The summed E-state index contributed by atoms with van der Waals surface area (Å²) in [6, 6.07) is 4.23. The summed E-state index contributed by atoms with van der Waals surface area (Å²) in [6.07, 6.45) is 5.05. The maximum atomic E-state index is 13.6. The fraction of sp³-hybridized carbons (Fsp3) is 0.375. The van der Waals surface area contributed by atoms with E-state index >= 15 is 0 Å². The highest BCUT2D eigenvalue weighted by molar-refractivity contribution is 5.79. The highest BCUT2D eigenvalue weighted by atomic mass is 19.2. The first-order valence-corrected chi connectivity index (χ1v) is 7.19. The molecular formula is C16H17F2N2O. The van der Waals surface area contributed by atoms with Gasteiger partial charge in [0.05, 0.1) is 5.52 Å². The van der Waals surface area contributed by atoms with Gasteiger partial charge < -0.3 is 9.88 Å². The van der Waals surface area contributed by atoms with Crippen molar-refractivity contribution in [2.45, 2.75) is 19.3 Å². The number of nitrogens with zero attached hydrogens (tertiary/aromatic N) is 1. The molecule has 0 unspecified atom stereocenters. The van der Waals surface area contributed by atoms with Gasteiger partial charge >= 0.3 is 0 Å². The highest BCUT2D eigenvalue weighted by Gasteiger charge is 2.13. The second-order valence-electron chi connectivity index (χ2n) is 5.41. The van der Waals surface area contributed by atoms with Gasteiger partial charge in [0.1, 0.15) is 0 Å². The lowest BCUT2D eigenvalue weighted by Crippen LogP contribution is -2.32. The largest absolute Gasteiger partial charge is 0.319 e. The van der Waals surface area contributed by atoms with Crippen LogP contribution < -0.4 is 5.56 Å². The quantitative estimate of drug-likeness (QED) is 0.943. The molecule has 1 aromatic heterocycles. The number of aromatic amines is 1. The zero-order valence-electron chi connectivity index (χ0n) is 11.7. The Bertz CT molecular complexity index is 705. The van der Waals surface area contributed by atoms with Crippen LogP contribution in [0.15, 0.2) is 23.0 Å². The van der Waals surface area contributed by atoms with E-state index in [1.54, 1.807) is 6.07 Å². The van der Waals surface area contributed by atoms with Crippen molar-refractivity contribution in [3.63, 3.8) is 0 Å². The molecule has 1 saturated heterocycles. The Balaban J connectivity index is 1.84. The van der Waals surface area contributed by atoms with E-state index in [4.69, 9.17) is 0 Å². The van der Waals surface area contributed by atoms with E-state index in [1.165, 1.54) is 6.07 Å². The van der Waals surface area contributed by atoms with E-state index in [1.807, 2.05) is 0 Å². The summed E-state index contributed by atoms with van der Waals surface area (Å²) >= 11 is 0. The monoisotopic (exact) mass is 291 g/mol. The molecule has 111 valence electrons. The standard InChI is InChI=1S/C16H17F2N2O/c17-13-5-4-11-10-12(16(21)19-15(11)14(13)18)6-9-20-7-2-1-3-8-20/h1,4-5,10H,2-3,6-9H2,(H,19,21). The molecular weight excluding hydrogens is 274 g/mol. The number of fused-ring (bicyclic) bond motifs is 1. The van der Waals surface area contributed by atoms with Crippen LogP contribution in [-0.4, -0.2) is 29.5 Å². The van der Waals surface area contributed by atoms with Crippen LogP contribution in [0.4, 0.5) is 8.78 Å². The maximum absolute atomic E-state index is 13.6. The number of benzene rings is 1. The first-order chi connectivity index (χ1) is 10.1. The van der Waals surface area contributed by atoms with Gasteiger partial charge in [0.2, 0.25) is 0 Å². The van der Waals surface area contributed by atoms with Crippen LogP contribution in [0.25, 0.3) is 10.9 Å². The van der Waals surface area contributed by atoms with Crippen molar-refractivity contribution < 1.29 is 8.78 Å². The summed E-state index contributed by atoms with van der Waals surface area (Å²) in [6.45, 7) is 2.85. The molecule has 5 heteroatoms. The number of likely N-dealkylation sites (tertiary alicyclic amines) is 1. The highest BCUT2D eigenvalue weighted by Crippen LogP contribution is 2.18. The second-order valence-corrected chi connectivity index (χ2v) is 5.41. The summed E-state index contributed by atoms with van der Waals surface area (Å²) in [4.78, 5) is 16.8. The third-order valence-corrected chi connectivity index (χ3v) is 3.98. The third kappa shape index (κ3) is 2.97. The molecule has 1 aromatic carbocycles. The average molecular weight is 291 g/mol. The molecule has 0 aliphatic carbocycles. The molecule has 0 spiro atoms. The first-order valence-electron chi connectivity index (χ1n) is 7.19. The smallest absolute Gasteiger partial charge is 0.251 e. The van der Waals surface area contributed by atoms with Gasteiger partial charge in [-0.05, 0) is 57.0 Å². The molecule has 1 N–H and O–H groups in total. The number of H-pyrrole nitrogens is 1. The Morgan fingerprint density at radius 1 is 1.19 bits per heavy atom. The van der Waals surface area contributed by atoms with Gasteiger partial charge in [-0.3, -0.25) is 4.79 Å². The first kappa shape index (κ1) is 14.2. The second kappa shape index (κ2) is 5.93. The molecule has 2 heterocycles. The van der Waals surface area contributed by atoms with Crippen molar-refractivity contribution >= 4 is 10.9 Å². The SMILES string of the molecule is O=c1[nH]c2c(F)c(F)ccc2cc1CCN1CC[CH]CC1. The molecule has 0 amide bonds.